The van der Waals surface area contributed by atoms with Crippen molar-refractivity contribution >= 4 is 76.6 Å². The summed E-state index contributed by atoms with van der Waals surface area (Å²) in [5.41, 5.74) is 14.2. The monoisotopic (exact) mass is 779 g/mol. The van der Waals surface area contributed by atoms with Gasteiger partial charge in [-0.2, -0.15) is 0 Å². The molecule has 0 aliphatic carbocycles. The van der Waals surface area contributed by atoms with E-state index in [-0.39, 0.29) is 0 Å². The third kappa shape index (κ3) is 5.21. The Hall–Kier alpha value is -8.28. The average molecular weight is 780 g/mol. The molecule has 0 amide bonds. The van der Waals surface area contributed by atoms with Gasteiger partial charge >= 0.3 is 0 Å². The van der Waals surface area contributed by atoms with Gasteiger partial charge in [-0.05, 0) is 76.0 Å². The highest BCUT2D eigenvalue weighted by atomic mass is 16.3. The molecule has 5 nitrogen and oxygen atoms in total. The minimum Gasteiger partial charge on any atom is -0.455 e. The van der Waals surface area contributed by atoms with Gasteiger partial charge in [0, 0.05) is 38.2 Å². The number of hydrogen-bond donors (Lipinski definition) is 0. The lowest BCUT2D eigenvalue weighted by Crippen LogP contribution is -1.96. The number of furan rings is 2. The minimum atomic E-state index is 0.641. The van der Waals surface area contributed by atoms with Crippen LogP contribution in [-0.2, 0) is 0 Å². The highest BCUT2D eigenvalue weighted by Crippen LogP contribution is 2.44. The van der Waals surface area contributed by atoms with Crippen molar-refractivity contribution in [2.24, 2.45) is 0 Å². The van der Waals surface area contributed by atoms with E-state index in [0.29, 0.717) is 11.4 Å². The number of benzene rings is 9. The van der Waals surface area contributed by atoms with Crippen LogP contribution in [0.2, 0.25) is 0 Å². The fourth-order valence-electron chi connectivity index (χ4n) is 9.31. The third-order valence-electron chi connectivity index (χ3n) is 12.2. The van der Waals surface area contributed by atoms with E-state index < -0.39 is 0 Å². The van der Waals surface area contributed by atoms with Crippen LogP contribution in [0, 0.1) is 0 Å². The zero-order valence-electron chi connectivity index (χ0n) is 32.7. The lowest BCUT2D eigenvalue weighted by atomic mass is 9.99. The summed E-state index contributed by atoms with van der Waals surface area (Å²) in [6.45, 7) is 0. The number of hydrogen-bond acceptors (Lipinski definition) is 4. The van der Waals surface area contributed by atoms with Crippen molar-refractivity contribution in [1.29, 1.82) is 0 Å². The van der Waals surface area contributed by atoms with Crippen molar-refractivity contribution < 1.29 is 8.83 Å². The maximum Gasteiger partial charge on any atom is 0.180 e. The van der Waals surface area contributed by atoms with Crippen LogP contribution in [-0.4, -0.2) is 14.5 Å². The molecule has 0 spiro atoms. The molecule has 4 aromatic heterocycles. The molecule has 0 atom stereocenters. The second-order valence-corrected chi connectivity index (χ2v) is 15.7. The first kappa shape index (κ1) is 33.7. The molecule has 0 fully saturated rings. The van der Waals surface area contributed by atoms with Gasteiger partial charge in [0.2, 0.25) is 0 Å². The van der Waals surface area contributed by atoms with Gasteiger partial charge in [0.1, 0.15) is 28.0 Å². The number of para-hydroxylation sites is 2. The Labute approximate surface area is 349 Å². The quantitative estimate of drug-likeness (QED) is 0.175. The van der Waals surface area contributed by atoms with Crippen molar-refractivity contribution in [2.75, 3.05) is 0 Å². The summed E-state index contributed by atoms with van der Waals surface area (Å²) in [7, 11) is 0. The van der Waals surface area contributed by atoms with E-state index in [4.69, 9.17) is 18.8 Å². The van der Waals surface area contributed by atoms with Crippen LogP contribution in [0.4, 0.5) is 0 Å². The van der Waals surface area contributed by atoms with Crippen LogP contribution in [0.25, 0.3) is 127 Å². The standard InChI is InChI=1S/C56H33N3O2/c1-3-13-34(14-4-1)35-23-25-37(26-24-35)56-57-52(36-15-5-2-6-16-36)55-53(58-56)45-32-40(27-30-50(45)61-55)41-28-29-47(51-43-20-10-12-22-49(43)60-54(41)51)59-46-21-11-9-19-42(46)44-31-38-17-7-8-18-39(38)33-48(44)59/h1-33H. The Balaban J connectivity index is 1.03. The van der Waals surface area contributed by atoms with E-state index in [2.05, 4.69) is 174 Å². The minimum absolute atomic E-state index is 0.641. The third-order valence-corrected chi connectivity index (χ3v) is 12.2. The molecule has 13 aromatic rings. The highest BCUT2D eigenvalue weighted by molar-refractivity contribution is 6.19. The Morgan fingerprint density at radius 3 is 1.82 bits per heavy atom. The molecule has 284 valence electrons. The van der Waals surface area contributed by atoms with Gasteiger partial charge in [-0.1, -0.05) is 152 Å². The number of fused-ring (bicyclic) bond motifs is 10. The lowest BCUT2D eigenvalue weighted by molar-refractivity contribution is 0.667. The number of aromatic nitrogens is 3. The summed E-state index contributed by atoms with van der Waals surface area (Å²) in [4.78, 5) is 10.4. The molecular formula is C56H33N3O2. The zero-order valence-corrected chi connectivity index (χ0v) is 32.7. The van der Waals surface area contributed by atoms with Gasteiger partial charge in [0.05, 0.1) is 22.1 Å². The SMILES string of the molecule is c1ccc(-c2ccc(-c3nc(-c4ccccc4)c4oc5ccc(-c6ccc(-n7c8ccccc8c8cc9ccccc9cc87)c7c6oc6ccccc67)cc5c4n3)cc2)cc1. The lowest BCUT2D eigenvalue weighted by Gasteiger charge is -2.12. The van der Waals surface area contributed by atoms with Crippen molar-refractivity contribution in [3.63, 3.8) is 0 Å². The van der Waals surface area contributed by atoms with E-state index in [1.165, 1.54) is 27.1 Å². The van der Waals surface area contributed by atoms with Crippen molar-refractivity contribution in [3.05, 3.63) is 200 Å². The maximum absolute atomic E-state index is 6.89. The Bertz CT molecular complexity index is 3860. The molecule has 5 heteroatoms. The van der Waals surface area contributed by atoms with Gasteiger partial charge in [-0.15, -0.1) is 0 Å². The second kappa shape index (κ2) is 13.1. The maximum atomic E-state index is 6.89. The van der Waals surface area contributed by atoms with Crippen molar-refractivity contribution in [1.82, 2.24) is 14.5 Å². The number of nitrogens with zero attached hydrogens (tertiary/aromatic N) is 3. The zero-order chi connectivity index (χ0) is 40.0. The molecule has 4 heterocycles. The summed E-state index contributed by atoms with van der Waals surface area (Å²) in [5, 5.41) is 7.92. The second-order valence-electron chi connectivity index (χ2n) is 15.7. The summed E-state index contributed by atoms with van der Waals surface area (Å²) in [5.74, 6) is 0.641. The topological polar surface area (TPSA) is 57.0 Å². The molecule has 0 unspecified atom stereocenters. The molecule has 13 rings (SSSR count). The van der Waals surface area contributed by atoms with E-state index in [1.54, 1.807) is 0 Å². The molecule has 0 saturated heterocycles. The first-order chi connectivity index (χ1) is 30.2. The van der Waals surface area contributed by atoms with Gasteiger partial charge < -0.3 is 13.4 Å². The Morgan fingerprint density at radius 2 is 1.00 bits per heavy atom. The molecular weight excluding hydrogens is 747 g/mol. The van der Waals surface area contributed by atoms with Crippen LogP contribution < -0.4 is 0 Å². The summed E-state index contributed by atoms with van der Waals surface area (Å²) in [6.07, 6.45) is 0. The summed E-state index contributed by atoms with van der Waals surface area (Å²) >= 11 is 0. The molecule has 61 heavy (non-hydrogen) atoms. The summed E-state index contributed by atoms with van der Waals surface area (Å²) in [6, 6.07) is 70.2. The van der Waals surface area contributed by atoms with Crippen molar-refractivity contribution in [3.8, 4) is 50.6 Å². The van der Waals surface area contributed by atoms with Gasteiger partial charge in [0.25, 0.3) is 0 Å². The van der Waals surface area contributed by atoms with Crippen LogP contribution in [0.3, 0.4) is 0 Å². The molecule has 0 saturated carbocycles. The number of rotatable bonds is 5. The molecule has 0 bridgehead atoms. The first-order valence-electron chi connectivity index (χ1n) is 20.6. The molecule has 0 aliphatic rings. The van der Waals surface area contributed by atoms with Crippen LogP contribution in [0.1, 0.15) is 0 Å². The first-order valence-corrected chi connectivity index (χ1v) is 20.6. The van der Waals surface area contributed by atoms with Gasteiger partial charge in [0.15, 0.2) is 11.4 Å². The molecule has 0 aliphatic heterocycles. The molecule has 9 aromatic carbocycles. The van der Waals surface area contributed by atoms with E-state index >= 15 is 0 Å². The largest absolute Gasteiger partial charge is 0.455 e. The highest BCUT2D eigenvalue weighted by Gasteiger charge is 2.23. The van der Waals surface area contributed by atoms with Crippen LogP contribution >= 0.6 is 0 Å². The predicted molar refractivity (Wildman–Crippen MR) is 250 cm³/mol. The summed E-state index contributed by atoms with van der Waals surface area (Å²) < 4.78 is 16.0. The van der Waals surface area contributed by atoms with E-state index in [1.807, 2.05) is 30.3 Å². The van der Waals surface area contributed by atoms with Gasteiger partial charge in [-0.25, -0.2) is 9.97 Å². The smallest absolute Gasteiger partial charge is 0.180 e. The Kier molecular flexibility index (Phi) is 7.24. The van der Waals surface area contributed by atoms with Crippen molar-refractivity contribution in [2.45, 2.75) is 0 Å². The molecule has 0 radical (unpaired) electrons. The van der Waals surface area contributed by atoms with E-state index in [0.717, 1.165) is 88.7 Å². The normalized spacial score (nSPS) is 11.9. The van der Waals surface area contributed by atoms with Crippen LogP contribution in [0.5, 0.6) is 0 Å². The van der Waals surface area contributed by atoms with Gasteiger partial charge in [-0.3, -0.25) is 0 Å². The fourth-order valence-corrected chi connectivity index (χ4v) is 9.31. The predicted octanol–water partition coefficient (Wildman–Crippen LogP) is 15.2. The average Bonchev–Trinajstić information content (AvgIpc) is 4.00. The molecule has 0 N–H and O–H groups in total. The Morgan fingerprint density at radius 1 is 0.377 bits per heavy atom. The fraction of sp³-hybridized carbons (Fsp3) is 0. The van der Waals surface area contributed by atoms with E-state index in [9.17, 15) is 0 Å². The van der Waals surface area contributed by atoms with Crippen LogP contribution in [0.15, 0.2) is 209 Å².